The summed E-state index contributed by atoms with van der Waals surface area (Å²) in [6, 6.07) is 58.7. The van der Waals surface area contributed by atoms with Crippen LogP contribution in [-0.4, -0.2) is 245 Å². The third kappa shape index (κ3) is 26.1. The van der Waals surface area contributed by atoms with Gasteiger partial charge in [-0.05, 0) is 126 Å². The number of carbonyl (C=O) groups excluding carboxylic acids is 10. The SMILES string of the molecule is CC1(C)S[C@@H]2[C@H](NC(=O)Cc3ccccc3)C(=O)N2[C@H]1C(=O)O.CC1(C)S[C@@H]2[C@H](NC(=O)Cc3ccccc3)C(=O)N2[C@H]1C(=O)O.CC1(C)S[C@@H]2[C@H](NC(=O)Cc3ccccc3)C(=O)N2[C@H]1C(=O)O.CC1(C)S[C@@H]2[C@H](NC(=O)Cc3ccccc3)C(=O)N2[C@H]1C(=O)[O-].CCN(CC)CCOC(=O)c1ccc(N)cc1.[K+].c1ccc(CNCCNCc2ccccc2)cc1. The summed E-state index contributed by atoms with van der Waals surface area (Å²) in [5.41, 5.74) is 12.9. The second-order valence-electron chi connectivity index (χ2n) is 33.3. The van der Waals surface area contributed by atoms with Crippen molar-refractivity contribution >= 4 is 130 Å². The largest absolute Gasteiger partial charge is 1.00 e. The van der Waals surface area contributed by atoms with Crippen LogP contribution in [0, 0.1) is 0 Å². The monoisotopic (exact) mass is 1850 g/mol. The number of hydrogen-bond acceptors (Lipinski definition) is 23. The molecule has 8 amide bonds. The Balaban J connectivity index is 0.000000174. The summed E-state index contributed by atoms with van der Waals surface area (Å²) in [6.07, 6.45) is 0.796. The van der Waals surface area contributed by atoms with Crippen molar-refractivity contribution in [3.8, 4) is 0 Å². The van der Waals surface area contributed by atoms with Crippen molar-refractivity contribution in [2.24, 2.45) is 0 Å². The molecule has 12 atom stereocenters. The number of benzene rings is 7. The molecule has 0 aliphatic carbocycles. The van der Waals surface area contributed by atoms with Gasteiger partial charge in [-0.25, -0.2) is 19.2 Å². The van der Waals surface area contributed by atoms with Gasteiger partial charge in [0.05, 0.1) is 43.3 Å². The number of anilines is 1. The molecule has 8 saturated heterocycles. The summed E-state index contributed by atoms with van der Waals surface area (Å²) in [5, 5.41) is 55.9. The van der Waals surface area contributed by atoms with Crippen molar-refractivity contribution in [2.75, 3.05) is 45.1 Å². The van der Waals surface area contributed by atoms with E-state index in [0.717, 1.165) is 68.1 Å². The molecule has 11 N–H and O–H groups in total. The predicted octanol–water partition coefficient (Wildman–Crippen LogP) is 3.45. The van der Waals surface area contributed by atoms with Crippen LogP contribution in [-0.2, 0) is 101 Å². The van der Waals surface area contributed by atoms with Crippen LogP contribution in [0.1, 0.15) is 113 Å². The Morgan fingerprint density at radius 3 is 0.875 bits per heavy atom. The van der Waals surface area contributed by atoms with Gasteiger partial charge < -0.3 is 92.1 Å². The Bertz CT molecular complexity index is 4520. The second-order valence-corrected chi connectivity index (χ2v) is 40.4. The van der Waals surface area contributed by atoms with Gasteiger partial charge in [-0.3, -0.25) is 38.4 Å². The van der Waals surface area contributed by atoms with E-state index in [4.69, 9.17) is 10.5 Å². The maximum Gasteiger partial charge on any atom is 1.00 e. The first-order valence-electron chi connectivity index (χ1n) is 41.8. The number of carbonyl (C=O) groups is 13. The number of carboxylic acid groups (broad SMARTS) is 4. The molecular formula is C93H111KN12O18S4. The first-order valence-corrected chi connectivity index (χ1v) is 45.3. The van der Waals surface area contributed by atoms with E-state index in [-0.39, 0.29) is 152 Å². The summed E-state index contributed by atoms with van der Waals surface area (Å²) < 4.78 is 2.80. The summed E-state index contributed by atoms with van der Waals surface area (Å²) in [5.74, 6) is -6.82. The Morgan fingerprint density at radius 1 is 0.391 bits per heavy atom. The molecular weight excluding hydrogens is 1740 g/mol. The van der Waals surface area contributed by atoms with Gasteiger partial charge in [-0.15, -0.1) is 47.0 Å². The average Bonchev–Trinajstić information content (AvgIpc) is 1.58. The molecule has 8 aliphatic heterocycles. The third-order valence-electron chi connectivity index (χ3n) is 22.3. The number of hydrogen-bond donors (Lipinski definition) is 10. The van der Waals surface area contributed by atoms with Gasteiger partial charge in [0.25, 0.3) is 0 Å². The van der Waals surface area contributed by atoms with Crippen molar-refractivity contribution in [1.29, 1.82) is 0 Å². The topological polar surface area (TPSA) is 429 Å². The normalized spacial score (nSPS) is 23.0. The number of ether oxygens (including phenoxy) is 1. The second kappa shape index (κ2) is 46.3. The number of β-lactam (4-membered cyclic amide) rings is 4. The number of thioether (sulfide) groups is 4. The molecule has 676 valence electrons. The van der Waals surface area contributed by atoms with Crippen molar-refractivity contribution in [1.82, 2.24) is 56.4 Å². The fourth-order valence-corrected chi connectivity index (χ4v) is 22.4. The number of fused-ring (bicyclic) bond motifs is 4. The van der Waals surface area contributed by atoms with Crippen LogP contribution in [0.3, 0.4) is 0 Å². The van der Waals surface area contributed by atoms with Crippen molar-refractivity contribution < 1.29 is 139 Å². The maximum absolute atomic E-state index is 12.3. The Kier molecular flexibility index (Phi) is 36.9. The number of esters is 1. The first kappa shape index (κ1) is 102. The molecule has 8 fully saturated rings. The van der Waals surface area contributed by atoms with E-state index in [2.05, 4.69) is 99.2 Å². The van der Waals surface area contributed by atoms with Crippen molar-refractivity contribution in [3.05, 3.63) is 245 Å². The number of carboxylic acids is 4. The molecule has 7 aromatic rings. The summed E-state index contributed by atoms with van der Waals surface area (Å²) in [6.45, 7) is 25.6. The van der Waals surface area contributed by atoms with Crippen LogP contribution in [0.15, 0.2) is 206 Å². The van der Waals surface area contributed by atoms with Gasteiger partial charge in [0.15, 0.2) is 0 Å². The smallest absolute Gasteiger partial charge is 0.548 e. The van der Waals surface area contributed by atoms with Crippen molar-refractivity contribution in [3.63, 3.8) is 0 Å². The number of nitrogen functional groups attached to an aromatic ring is 1. The van der Waals surface area contributed by atoms with Gasteiger partial charge in [0.1, 0.15) is 70.4 Å². The van der Waals surface area contributed by atoms with E-state index in [0.29, 0.717) is 17.9 Å². The van der Waals surface area contributed by atoms with Crippen LogP contribution in [0.4, 0.5) is 5.69 Å². The van der Waals surface area contributed by atoms with Gasteiger partial charge in [-0.1, -0.05) is 196 Å². The van der Waals surface area contributed by atoms with Crippen LogP contribution >= 0.6 is 47.0 Å². The van der Waals surface area contributed by atoms with Gasteiger partial charge >= 0.3 is 75.3 Å². The van der Waals surface area contributed by atoms with Crippen LogP contribution < -0.4 is 94.1 Å². The molecule has 0 bridgehead atoms. The van der Waals surface area contributed by atoms with Gasteiger partial charge in [0, 0.05) is 57.4 Å². The fraction of sp³-hybridized carbons (Fsp3) is 0.409. The molecule has 35 heteroatoms. The molecule has 7 aromatic carbocycles. The molecule has 0 unspecified atom stereocenters. The quantitative estimate of drug-likeness (QED) is 0.0105. The number of likely N-dealkylation sites (N-methyl/N-ethyl adjacent to an activating group) is 1. The molecule has 0 saturated carbocycles. The standard InChI is InChI=1S/4C16H18N2O4S.C16H20N2.C13H20N2O2.K/c4*1-16(2)12(15(21)22)18-13(20)11(14(18)23-16)17-10(19)8-9-6-4-3-5-7-9;1-3-7-15(8-4-1)13-17-11-12-18-14-16-9-5-2-6-10-16;1-3-15(4-2)9-10-17-13(16)11-5-7-12(14)8-6-11;/h4*3-7,11-12,14H,8H2,1-2H3,(H,17,19)(H,21,22);1-10,17-18H,11-14H2;5-8H,3-4,9-10,14H2,1-2H3;/q;;;;;;+1/p-1/t4*11-,12+,14-;;;/m1111.../s1. The number of amides is 8. The Morgan fingerprint density at radius 2 is 0.633 bits per heavy atom. The van der Waals surface area contributed by atoms with Crippen LogP contribution in [0.25, 0.3) is 0 Å². The molecule has 0 spiro atoms. The fourth-order valence-electron chi connectivity index (χ4n) is 15.9. The number of aliphatic carboxylic acids is 4. The molecule has 0 aromatic heterocycles. The predicted molar refractivity (Wildman–Crippen MR) is 486 cm³/mol. The maximum atomic E-state index is 12.3. The van der Waals surface area contributed by atoms with Gasteiger partial charge in [0.2, 0.25) is 47.3 Å². The number of rotatable bonds is 29. The number of nitrogens with zero attached hydrogens (tertiary/aromatic N) is 5. The minimum Gasteiger partial charge on any atom is -0.548 e. The summed E-state index contributed by atoms with van der Waals surface area (Å²) in [7, 11) is 0. The van der Waals surface area contributed by atoms with Crippen LogP contribution in [0.5, 0.6) is 0 Å². The average molecular weight is 1850 g/mol. The zero-order chi connectivity index (χ0) is 92.2. The molecule has 30 nitrogen and oxygen atoms in total. The molecule has 0 radical (unpaired) electrons. The van der Waals surface area contributed by atoms with E-state index < -0.39 is 91.2 Å². The van der Waals surface area contributed by atoms with E-state index in [1.807, 2.05) is 175 Å². The van der Waals surface area contributed by atoms with E-state index in [1.54, 1.807) is 38.1 Å². The third-order valence-corrected chi connectivity index (χ3v) is 28.6. The van der Waals surface area contributed by atoms with E-state index >= 15 is 0 Å². The van der Waals surface area contributed by atoms with E-state index in [9.17, 15) is 82.8 Å². The molecule has 8 heterocycles. The zero-order valence-electron chi connectivity index (χ0n) is 73.5. The zero-order valence-corrected chi connectivity index (χ0v) is 79.8. The molecule has 15 rings (SSSR count). The van der Waals surface area contributed by atoms with Crippen LogP contribution in [0.2, 0.25) is 0 Å². The van der Waals surface area contributed by atoms with Gasteiger partial charge in [-0.2, -0.15) is 0 Å². The minimum absolute atomic E-state index is 0. The number of nitrogens with one attached hydrogen (secondary N) is 6. The molecule has 128 heavy (non-hydrogen) atoms. The van der Waals surface area contributed by atoms with Crippen molar-refractivity contribution in [2.45, 2.75) is 197 Å². The van der Waals surface area contributed by atoms with E-state index in [1.165, 1.54) is 77.8 Å². The summed E-state index contributed by atoms with van der Waals surface area (Å²) in [4.78, 5) is 162. The minimum atomic E-state index is -1.26. The molecule has 8 aliphatic rings. The summed E-state index contributed by atoms with van der Waals surface area (Å²) >= 11 is 5.65. The Hall–Kier alpha value is -9.63. The Labute approximate surface area is 805 Å². The number of nitrogens with two attached hydrogens (primary N) is 1. The first-order chi connectivity index (χ1) is 60.4.